The highest BCUT2D eigenvalue weighted by Crippen LogP contribution is 2.20. The van der Waals surface area contributed by atoms with Gasteiger partial charge in [0.1, 0.15) is 0 Å². The number of aryl methyl sites for hydroxylation is 1. The van der Waals surface area contributed by atoms with Gasteiger partial charge in [-0.25, -0.2) is 4.68 Å². The summed E-state index contributed by atoms with van der Waals surface area (Å²) in [7, 11) is 1.78. The second-order valence-electron chi connectivity index (χ2n) is 5.19. The summed E-state index contributed by atoms with van der Waals surface area (Å²) in [4.78, 5) is 12.1. The van der Waals surface area contributed by atoms with Crippen molar-refractivity contribution < 1.29 is 4.79 Å². The molecule has 0 spiro atoms. The van der Waals surface area contributed by atoms with Gasteiger partial charge in [-0.05, 0) is 22.6 Å². The Bertz CT molecular complexity index is 652. The van der Waals surface area contributed by atoms with Crippen molar-refractivity contribution in [2.75, 3.05) is 23.4 Å². The minimum absolute atomic E-state index is 0.0215. The zero-order chi connectivity index (χ0) is 15.4. The van der Waals surface area contributed by atoms with Crippen molar-refractivity contribution in [3.8, 4) is 11.4 Å². The number of aromatic nitrogens is 4. The Hall–Kier alpha value is -1.93. The maximum Gasteiger partial charge on any atom is 0.225 e. The Morgan fingerprint density at radius 1 is 1.55 bits per heavy atom. The molecule has 116 valence electrons. The number of thioether (sulfide) groups is 1. The van der Waals surface area contributed by atoms with Crippen LogP contribution in [-0.2, 0) is 11.8 Å². The van der Waals surface area contributed by atoms with E-state index in [2.05, 4.69) is 26.2 Å². The number of tetrazole rings is 1. The predicted molar refractivity (Wildman–Crippen MR) is 86.6 cm³/mol. The molecule has 0 bridgehead atoms. The number of hydrogen-bond acceptors (Lipinski definition) is 6. The van der Waals surface area contributed by atoms with E-state index in [9.17, 15) is 4.79 Å². The average Bonchev–Trinajstić information content (AvgIpc) is 2.94. The molecule has 1 aliphatic rings. The Morgan fingerprint density at radius 3 is 3.18 bits per heavy atom. The molecule has 7 nitrogen and oxygen atoms in total. The minimum Gasteiger partial charge on any atom is -0.326 e. The molecule has 0 aliphatic carbocycles. The molecule has 0 saturated carbocycles. The van der Waals surface area contributed by atoms with Crippen LogP contribution < -0.4 is 10.6 Å². The molecule has 1 amide bonds. The topological polar surface area (TPSA) is 84.7 Å². The third-order valence-electron chi connectivity index (χ3n) is 3.45. The van der Waals surface area contributed by atoms with Crippen LogP contribution in [-0.4, -0.2) is 50.2 Å². The van der Waals surface area contributed by atoms with Gasteiger partial charge in [0.05, 0.1) is 0 Å². The van der Waals surface area contributed by atoms with E-state index in [4.69, 9.17) is 0 Å². The second-order valence-corrected chi connectivity index (χ2v) is 6.33. The van der Waals surface area contributed by atoms with E-state index in [1.165, 1.54) is 0 Å². The fourth-order valence-corrected chi connectivity index (χ4v) is 3.35. The zero-order valence-electron chi connectivity index (χ0n) is 12.3. The van der Waals surface area contributed by atoms with Gasteiger partial charge >= 0.3 is 0 Å². The third-order valence-corrected chi connectivity index (χ3v) is 4.59. The van der Waals surface area contributed by atoms with Gasteiger partial charge in [-0.2, -0.15) is 11.8 Å². The third kappa shape index (κ3) is 3.63. The van der Waals surface area contributed by atoms with E-state index >= 15 is 0 Å². The second kappa shape index (κ2) is 6.89. The normalized spacial score (nSPS) is 18.1. The van der Waals surface area contributed by atoms with Crippen LogP contribution in [0.2, 0.25) is 0 Å². The van der Waals surface area contributed by atoms with Crippen molar-refractivity contribution in [3.05, 3.63) is 24.3 Å². The number of carbonyl (C=O) groups is 1. The molecule has 8 heteroatoms. The lowest BCUT2D eigenvalue weighted by Gasteiger charge is -2.22. The van der Waals surface area contributed by atoms with Gasteiger partial charge in [-0.15, -0.1) is 5.10 Å². The molecule has 1 aromatic heterocycles. The van der Waals surface area contributed by atoms with Crippen LogP contribution in [0.4, 0.5) is 5.69 Å². The highest BCUT2D eigenvalue weighted by molar-refractivity contribution is 7.99. The number of amides is 1. The van der Waals surface area contributed by atoms with Crippen molar-refractivity contribution in [1.29, 1.82) is 0 Å². The Morgan fingerprint density at radius 2 is 2.45 bits per heavy atom. The summed E-state index contributed by atoms with van der Waals surface area (Å²) in [5.74, 6) is 2.79. The maximum atomic E-state index is 12.1. The summed E-state index contributed by atoms with van der Waals surface area (Å²) < 4.78 is 1.60. The molecule has 1 aromatic carbocycles. The molecular weight excluding hydrogens is 300 g/mol. The smallest absolute Gasteiger partial charge is 0.225 e. The largest absolute Gasteiger partial charge is 0.326 e. The molecule has 1 aliphatic heterocycles. The number of hydrogen-bond donors (Lipinski definition) is 2. The summed E-state index contributed by atoms with van der Waals surface area (Å²) in [5, 5.41) is 17.7. The molecule has 2 heterocycles. The molecule has 3 rings (SSSR count). The highest BCUT2D eigenvalue weighted by Gasteiger charge is 2.17. The molecule has 0 radical (unpaired) electrons. The van der Waals surface area contributed by atoms with E-state index in [0.29, 0.717) is 12.2 Å². The van der Waals surface area contributed by atoms with E-state index in [-0.39, 0.29) is 11.9 Å². The molecule has 1 fully saturated rings. The summed E-state index contributed by atoms with van der Waals surface area (Å²) in [6, 6.07) is 7.81. The van der Waals surface area contributed by atoms with Crippen LogP contribution in [0.5, 0.6) is 0 Å². The first kappa shape index (κ1) is 15.0. The van der Waals surface area contributed by atoms with Gasteiger partial charge in [-0.3, -0.25) is 4.79 Å². The van der Waals surface area contributed by atoms with Crippen LogP contribution >= 0.6 is 11.8 Å². The first-order chi connectivity index (χ1) is 10.7. The monoisotopic (exact) mass is 318 g/mol. The van der Waals surface area contributed by atoms with Gasteiger partial charge in [-0.1, -0.05) is 12.1 Å². The minimum atomic E-state index is 0.0215. The lowest BCUT2D eigenvalue weighted by Crippen LogP contribution is -2.39. The van der Waals surface area contributed by atoms with Crippen LogP contribution in [0, 0.1) is 0 Å². The molecule has 1 unspecified atom stereocenters. The Balaban J connectivity index is 1.65. The van der Waals surface area contributed by atoms with E-state index in [0.717, 1.165) is 29.3 Å². The highest BCUT2D eigenvalue weighted by atomic mass is 32.2. The maximum absolute atomic E-state index is 12.1. The van der Waals surface area contributed by atoms with Crippen molar-refractivity contribution >= 4 is 23.4 Å². The number of nitrogens with zero attached hydrogens (tertiary/aromatic N) is 4. The van der Waals surface area contributed by atoms with Crippen LogP contribution in [0.3, 0.4) is 0 Å². The first-order valence-electron chi connectivity index (χ1n) is 7.16. The summed E-state index contributed by atoms with van der Waals surface area (Å²) in [6.45, 7) is 0.970. The van der Waals surface area contributed by atoms with Crippen LogP contribution in [0.15, 0.2) is 24.3 Å². The molecular formula is C14H18N6OS. The molecule has 22 heavy (non-hydrogen) atoms. The van der Waals surface area contributed by atoms with Gasteiger partial charge in [0.25, 0.3) is 0 Å². The fraction of sp³-hybridized carbons (Fsp3) is 0.429. The molecule has 1 atom stereocenters. The standard InChI is InChI=1S/C14H18N6OS/c1-20-14(17-18-19-20)10-3-2-4-11(7-10)16-13(21)8-12-9-22-6-5-15-12/h2-4,7,12,15H,5-6,8-9H2,1H3,(H,16,21). The van der Waals surface area contributed by atoms with Crippen molar-refractivity contribution in [2.24, 2.45) is 7.05 Å². The van der Waals surface area contributed by atoms with E-state index in [1.54, 1.807) is 11.7 Å². The summed E-state index contributed by atoms with van der Waals surface area (Å²) in [5.41, 5.74) is 1.63. The SMILES string of the molecule is Cn1nnnc1-c1cccc(NC(=O)CC2CSCCN2)c1. The molecule has 2 aromatic rings. The van der Waals surface area contributed by atoms with Crippen molar-refractivity contribution in [1.82, 2.24) is 25.5 Å². The number of carbonyl (C=O) groups excluding carboxylic acids is 1. The lowest BCUT2D eigenvalue weighted by atomic mass is 10.1. The number of anilines is 1. The van der Waals surface area contributed by atoms with Crippen LogP contribution in [0.25, 0.3) is 11.4 Å². The zero-order valence-corrected chi connectivity index (χ0v) is 13.1. The first-order valence-corrected chi connectivity index (χ1v) is 8.31. The van der Waals surface area contributed by atoms with Gasteiger partial charge in [0, 0.05) is 48.8 Å². The van der Waals surface area contributed by atoms with Crippen molar-refractivity contribution in [3.63, 3.8) is 0 Å². The number of nitrogens with one attached hydrogen (secondary N) is 2. The lowest BCUT2D eigenvalue weighted by molar-refractivity contribution is -0.116. The fourth-order valence-electron chi connectivity index (χ4n) is 2.40. The quantitative estimate of drug-likeness (QED) is 0.872. The van der Waals surface area contributed by atoms with E-state index < -0.39 is 0 Å². The Labute approximate surface area is 132 Å². The van der Waals surface area contributed by atoms with E-state index in [1.807, 2.05) is 36.0 Å². The molecule has 1 saturated heterocycles. The van der Waals surface area contributed by atoms with Gasteiger partial charge in [0.2, 0.25) is 5.91 Å². The van der Waals surface area contributed by atoms with Crippen LogP contribution in [0.1, 0.15) is 6.42 Å². The van der Waals surface area contributed by atoms with Gasteiger partial charge in [0.15, 0.2) is 5.82 Å². The van der Waals surface area contributed by atoms with Crippen molar-refractivity contribution in [2.45, 2.75) is 12.5 Å². The number of benzene rings is 1. The summed E-state index contributed by atoms with van der Waals surface area (Å²) >= 11 is 1.89. The predicted octanol–water partition coefficient (Wildman–Crippen LogP) is 0.911. The van der Waals surface area contributed by atoms with Gasteiger partial charge < -0.3 is 10.6 Å². The number of rotatable bonds is 4. The Kier molecular flexibility index (Phi) is 4.69. The average molecular weight is 318 g/mol. The molecule has 2 N–H and O–H groups in total. The summed E-state index contributed by atoms with van der Waals surface area (Å²) in [6.07, 6.45) is 0.489.